The van der Waals surface area contributed by atoms with Crippen molar-refractivity contribution in [1.82, 2.24) is 19.9 Å². The Hall–Kier alpha value is -4.38. The van der Waals surface area contributed by atoms with E-state index in [9.17, 15) is 18.2 Å². The summed E-state index contributed by atoms with van der Waals surface area (Å²) in [4.78, 5) is 40.0. The Morgan fingerprint density at radius 3 is 2.55 bits per heavy atom. The van der Waals surface area contributed by atoms with Gasteiger partial charge in [-0.25, -0.2) is 14.2 Å². The lowest BCUT2D eigenvalue weighted by atomic mass is 9.90. The molecule has 194 valence electrons. The molecule has 5 rings (SSSR count). The molecule has 2 aromatic heterocycles. The molecule has 4 aromatic rings. The monoisotopic (exact) mass is 532 g/mol. The quantitative estimate of drug-likeness (QED) is 0.328. The van der Waals surface area contributed by atoms with E-state index in [0.29, 0.717) is 46.9 Å². The fourth-order valence-electron chi connectivity index (χ4n) is 4.44. The van der Waals surface area contributed by atoms with Gasteiger partial charge in [-0.05, 0) is 60.5 Å². The third-order valence-electron chi connectivity index (χ3n) is 6.36. The standard InChI is InChI=1S/C27H25FN6O3S/c1-38(37)22-7-5-19(6-8-22)32-27(36)33-20-4-2-17-12-25(24-9-3-18(28)14-30-24)34(26(35)23(17)13-20)11-10-21-15-29-16-31-21/h2-9,13-16,25H,10-12H2,1H3,(H,29,31)(H2,32,33,36). The van der Waals surface area contributed by atoms with Crippen LogP contribution in [-0.2, 0) is 23.6 Å². The summed E-state index contributed by atoms with van der Waals surface area (Å²) in [6.07, 6.45) is 7.10. The third-order valence-corrected chi connectivity index (χ3v) is 7.30. The van der Waals surface area contributed by atoms with Crippen molar-refractivity contribution < 1.29 is 18.2 Å². The summed E-state index contributed by atoms with van der Waals surface area (Å²) in [6, 6.07) is 14.1. The molecule has 0 saturated heterocycles. The van der Waals surface area contributed by atoms with Gasteiger partial charge in [0, 0.05) is 63.7 Å². The number of hydrogen-bond donors (Lipinski definition) is 3. The number of fused-ring (bicyclic) bond motifs is 1. The SMILES string of the molecule is CS(=O)c1ccc(NC(=O)Nc2ccc3c(c2)C(=O)N(CCc2cnc[nH]2)C(c2ccc(F)cn2)C3)cc1. The highest BCUT2D eigenvalue weighted by Crippen LogP contribution is 2.34. The first-order valence-electron chi connectivity index (χ1n) is 11.9. The van der Waals surface area contributed by atoms with Crippen LogP contribution >= 0.6 is 0 Å². The van der Waals surface area contributed by atoms with Gasteiger partial charge in [0.05, 0.1) is 24.3 Å². The van der Waals surface area contributed by atoms with Crippen molar-refractivity contribution in [3.63, 3.8) is 0 Å². The Kier molecular flexibility index (Phi) is 7.27. The number of urea groups is 1. The highest BCUT2D eigenvalue weighted by Gasteiger charge is 2.34. The predicted octanol–water partition coefficient (Wildman–Crippen LogP) is 4.31. The molecule has 0 fully saturated rings. The minimum atomic E-state index is -1.11. The highest BCUT2D eigenvalue weighted by atomic mass is 32.2. The number of aromatic nitrogens is 3. The third kappa shape index (κ3) is 5.62. The average molecular weight is 533 g/mol. The molecule has 3 N–H and O–H groups in total. The van der Waals surface area contributed by atoms with Crippen molar-refractivity contribution in [2.45, 2.75) is 23.8 Å². The number of H-pyrrole nitrogens is 1. The zero-order chi connectivity index (χ0) is 26.6. The van der Waals surface area contributed by atoms with Gasteiger partial charge in [0.2, 0.25) is 0 Å². The van der Waals surface area contributed by atoms with E-state index in [1.807, 2.05) is 6.07 Å². The molecule has 2 aromatic carbocycles. The van der Waals surface area contributed by atoms with Gasteiger partial charge in [-0.3, -0.25) is 14.0 Å². The molecule has 0 radical (unpaired) electrons. The van der Waals surface area contributed by atoms with E-state index in [0.717, 1.165) is 17.5 Å². The summed E-state index contributed by atoms with van der Waals surface area (Å²) in [5, 5.41) is 5.50. The van der Waals surface area contributed by atoms with Crippen molar-refractivity contribution in [3.05, 3.63) is 102 Å². The molecule has 3 amide bonds. The normalized spacial score (nSPS) is 15.6. The zero-order valence-electron chi connectivity index (χ0n) is 20.5. The zero-order valence-corrected chi connectivity index (χ0v) is 21.3. The Morgan fingerprint density at radius 1 is 1.11 bits per heavy atom. The molecule has 0 saturated carbocycles. The number of carbonyl (C=O) groups is 2. The molecule has 0 bridgehead atoms. The summed E-state index contributed by atoms with van der Waals surface area (Å²) in [5.74, 6) is -0.639. The minimum Gasteiger partial charge on any atom is -0.348 e. The predicted molar refractivity (Wildman–Crippen MR) is 142 cm³/mol. The van der Waals surface area contributed by atoms with E-state index in [2.05, 4.69) is 25.6 Å². The minimum absolute atomic E-state index is 0.200. The molecule has 1 aliphatic rings. The molecule has 0 spiro atoms. The number of nitrogens with zero attached hydrogens (tertiary/aromatic N) is 3. The number of aromatic amines is 1. The van der Waals surface area contributed by atoms with E-state index in [1.165, 1.54) is 6.07 Å². The Labute approximate surface area is 221 Å². The van der Waals surface area contributed by atoms with E-state index in [4.69, 9.17) is 0 Å². The van der Waals surface area contributed by atoms with Gasteiger partial charge >= 0.3 is 6.03 Å². The first-order chi connectivity index (χ1) is 18.4. The molecule has 38 heavy (non-hydrogen) atoms. The summed E-state index contributed by atoms with van der Waals surface area (Å²) in [7, 11) is -1.11. The number of benzene rings is 2. The number of hydrogen-bond acceptors (Lipinski definition) is 5. The highest BCUT2D eigenvalue weighted by molar-refractivity contribution is 7.84. The lowest BCUT2D eigenvalue weighted by Gasteiger charge is -2.36. The number of nitrogens with one attached hydrogen (secondary N) is 3. The van der Waals surface area contributed by atoms with Crippen LogP contribution in [0.3, 0.4) is 0 Å². The maximum atomic E-state index is 13.7. The van der Waals surface area contributed by atoms with Crippen LogP contribution in [0.15, 0.2) is 78.2 Å². The fourth-order valence-corrected chi connectivity index (χ4v) is 4.96. The summed E-state index contributed by atoms with van der Waals surface area (Å²) in [6.45, 7) is 0.404. The van der Waals surface area contributed by atoms with Gasteiger partial charge < -0.3 is 20.5 Å². The second kappa shape index (κ2) is 10.9. The first kappa shape index (κ1) is 25.3. The molecule has 9 nitrogen and oxygen atoms in total. The molecular formula is C27H25FN6O3S. The summed E-state index contributed by atoms with van der Waals surface area (Å²) >= 11 is 0. The van der Waals surface area contributed by atoms with Crippen LogP contribution in [0, 0.1) is 5.82 Å². The Morgan fingerprint density at radius 2 is 1.87 bits per heavy atom. The van der Waals surface area contributed by atoms with Crippen molar-refractivity contribution >= 4 is 34.1 Å². The molecule has 0 aliphatic carbocycles. The van der Waals surface area contributed by atoms with E-state index in [-0.39, 0.29) is 11.9 Å². The van der Waals surface area contributed by atoms with E-state index < -0.39 is 22.6 Å². The van der Waals surface area contributed by atoms with Crippen molar-refractivity contribution in [1.29, 1.82) is 0 Å². The lowest BCUT2D eigenvalue weighted by molar-refractivity contribution is 0.0645. The Bertz CT molecular complexity index is 1480. The van der Waals surface area contributed by atoms with E-state index in [1.54, 1.807) is 66.1 Å². The fraction of sp³-hybridized carbons (Fsp3) is 0.185. The molecule has 1 aliphatic heterocycles. The number of imidazole rings is 1. The van der Waals surface area contributed by atoms with Crippen molar-refractivity contribution in [2.75, 3.05) is 23.4 Å². The van der Waals surface area contributed by atoms with Gasteiger partial charge in [0.25, 0.3) is 5.91 Å². The number of halogens is 1. The van der Waals surface area contributed by atoms with Crippen LogP contribution < -0.4 is 10.6 Å². The summed E-state index contributed by atoms with van der Waals surface area (Å²) in [5.41, 5.74) is 3.81. The lowest BCUT2D eigenvalue weighted by Crippen LogP contribution is -2.42. The van der Waals surface area contributed by atoms with Gasteiger partial charge in [-0.2, -0.15) is 0 Å². The topological polar surface area (TPSA) is 120 Å². The molecule has 3 heterocycles. The van der Waals surface area contributed by atoms with Gasteiger partial charge in [0.15, 0.2) is 0 Å². The number of carbonyl (C=O) groups excluding carboxylic acids is 2. The number of amides is 3. The summed E-state index contributed by atoms with van der Waals surface area (Å²) < 4.78 is 25.1. The van der Waals surface area contributed by atoms with Crippen LogP contribution in [0.5, 0.6) is 0 Å². The van der Waals surface area contributed by atoms with Crippen LogP contribution in [0.25, 0.3) is 0 Å². The van der Waals surface area contributed by atoms with Crippen molar-refractivity contribution in [2.24, 2.45) is 0 Å². The maximum Gasteiger partial charge on any atom is 0.323 e. The van der Waals surface area contributed by atoms with Gasteiger partial charge in [-0.1, -0.05) is 6.07 Å². The number of anilines is 2. The second-order valence-corrected chi connectivity index (χ2v) is 10.3. The van der Waals surface area contributed by atoms with Gasteiger partial charge in [0.1, 0.15) is 5.82 Å². The van der Waals surface area contributed by atoms with Crippen LogP contribution in [0.4, 0.5) is 20.6 Å². The van der Waals surface area contributed by atoms with Crippen LogP contribution in [-0.4, -0.2) is 48.8 Å². The number of pyridine rings is 1. The first-order valence-corrected chi connectivity index (χ1v) is 13.5. The maximum absolute atomic E-state index is 13.7. The molecular weight excluding hydrogens is 507 g/mol. The Balaban J connectivity index is 1.35. The number of rotatable bonds is 7. The smallest absolute Gasteiger partial charge is 0.323 e. The van der Waals surface area contributed by atoms with Crippen molar-refractivity contribution in [3.8, 4) is 0 Å². The van der Waals surface area contributed by atoms with Gasteiger partial charge in [-0.15, -0.1) is 0 Å². The average Bonchev–Trinajstić information content (AvgIpc) is 3.43. The van der Waals surface area contributed by atoms with Crippen LogP contribution in [0.1, 0.15) is 33.4 Å². The largest absolute Gasteiger partial charge is 0.348 e. The van der Waals surface area contributed by atoms with E-state index >= 15 is 0 Å². The second-order valence-electron chi connectivity index (χ2n) is 8.88. The molecule has 11 heteroatoms. The molecule has 2 atom stereocenters. The molecule has 2 unspecified atom stereocenters. The van der Waals surface area contributed by atoms with Crippen LogP contribution in [0.2, 0.25) is 0 Å².